The molecule has 1 aliphatic carbocycles. The van der Waals surface area contributed by atoms with Crippen LogP contribution in [0.25, 0.3) is 0 Å². The summed E-state index contributed by atoms with van der Waals surface area (Å²) in [5.74, 6) is -3.79. The molecule has 0 unspecified atom stereocenters. The van der Waals surface area contributed by atoms with Crippen molar-refractivity contribution < 1.29 is 28.6 Å². The number of carbonyl (C=O) groups excluding carboxylic acids is 3. The van der Waals surface area contributed by atoms with Crippen LogP contribution in [0.3, 0.4) is 0 Å². The Morgan fingerprint density at radius 1 is 0.905 bits per heavy atom. The van der Waals surface area contributed by atoms with Gasteiger partial charge in [0.2, 0.25) is 5.92 Å². The number of carbonyl (C=O) groups is 3. The van der Waals surface area contributed by atoms with Gasteiger partial charge in [0, 0.05) is 6.61 Å². The molecule has 0 spiro atoms. The zero-order chi connectivity index (χ0) is 15.9. The molecule has 0 atom stereocenters. The minimum absolute atomic E-state index is 0.101. The normalized spacial score (nSPS) is 16.8. The van der Waals surface area contributed by atoms with E-state index in [4.69, 9.17) is 14.2 Å². The minimum atomic E-state index is -1.55. The number of ether oxygens (including phenoxy) is 3. The van der Waals surface area contributed by atoms with Crippen LogP contribution in [0.4, 0.5) is 0 Å². The summed E-state index contributed by atoms with van der Waals surface area (Å²) in [5.41, 5.74) is -1.06. The Labute approximate surface area is 125 Å². The molecule has 120 valence electrons. The molecule has 0 aromatic heterocycles. The lowest BCUT2D eigenvalue weighted by molar-refractivity contribution is -0.171. The molecule has 0 radical (unpaired) electrons. The molecule has 0 N–H and O–H groups in total. The van der Waals surface area contributed by atoms with Gasteiger partial charge in [0.1, 0.15) is 5.60 Å². The van der Waals surface area contributed by atoms with Crippen LogP contribution in [0.5, 0.6) is 0 Å². The highest BCUT2D eigenvalue weighted by atomic mass is 16.6. The molecule has 0 amide bonds. The standard InChI is InChI=1S/C15H24O6/c1-4-19-13(17)11(14(18)20-5-2)12(16)15(21-6-3)9-7-8-10-15/h11H,4-10H2,1-3H3. The van der Waals surface area contributed by atoms with E-state index >= 15 is 0 Å². The minimum Gasteiger partial charge on any atom is -0.465 e. The molecular formula is C15H24O6. The fraction of sp³-hybridized carbons (Fsp3) is 0.800. The van der Waals surface area contributed by atoms with E-state index in [9.17, 15) is 14.4 Å². The van der Waals surface area contributed by atoms with Crippen LogP contribution >= 0.6 is 0 Å². The lowest BCUT2D eigenvalue weighted by Gasteiger charge is -2.29. The monoisotopic (exact) mass is 300 g/mol. The zero-order valence-electron chi connectivity index (χ0n) is 13.0. The number of rotatable bonds is 8. The fourth-order valence-corrected chi connectivity index (χ4v) is 2.71. The summed E-state index contributed by atoms with van der Waals surface area (Å²) in [4.78, 5) is 36.8. The Bertz CT molecular complexity index is 366. The highest BCUT2D eigenvalue weighted by Crippen LogP contribution is 2.36. The van der Waals surface area contributed by atoms with Crippen molar-refractivity contribution in [3.05, 3.63) is 0 Å². The molecule has 0 saturated heterocycles. The highest BCUT2D eigenvalue weighted by Gasteiger charge is 2.51. The van der Waals surface area contributed by atoms with Crippen molar-refractivity contribution >= 4 is 17.7 Å². The Kier molecular flexibility index (Phi) is 6.81. The average molecular weight is 300 g/mol. The largest absolute Gasteiger partial charge is 0.465 e. The lowest BCUT2D eigenvalue weighted by Crippen LogP contribution is -2.49. The summed E-state index contributed by atoms with van der Waals surface area (Å²) < 4.78 is 15.3. The van der Waals surface area contributed by atoms with Crippen molar-refractivity contribution in [3.8, 4) is 0 Å². The van der Waals surface area contributed by atoms with Crippen molar-refractivity contribution in [2.24, 2.45) is 5.92 Å². The Hall–Kier alpha value is -1.43. The first kappa shape index (κ1) is 17.6. The second-order valence-corrected chi connectivity index (χ2v) is 4.94. The maximum Gasteiger partial charge on any atom is 0.328 e. The summed E-state index contributed by atoms with van der Waals surface area (Å²) >= 11 is 0. The third kappa shape index (κ3) is 4.03. The first-order chi connectivity index (χ1) is 10.0. The molecule has 0 heterocycles. The first-order valence-corrected chi connectivity index (χ1v) is 7.54. The summed E-state index contributed by atoms with van der Waals surface area (Å²) in [6.45, 7) is 5.59. The van der Waals surface area contributed by atoms with Crippen molar-refractivity contribution in [1.29, 1.82) is 0 Å². The van der Waals surface area contributed by atoms with Gasteiger partial charge < -0.3 is 14.2 Å². The number of hydrogen-bond acceptors (Lipinski definition) is 6. The molecule has 6 nitrogen and oxygen atoms in total. The van der Waals surface area contributed by atoms with Gasteiger partial charge in [-0.25, -0.2) is 0 Å². The van der Waals surface area contributed by atoms with E-state index in [1.807, 2.05) is 0 Å². The van der Waals surface area contributed by atoms with Crippen molar-refractivity contribution in [2.75, 3.05) is 19.8 Å². The second-order valence-electron chi connectivity index (χ2n) is 4.94. The Morgan fingerprint density at radius 2 is 1.38 bits per heavy atom. The van der Waals surface area contributed by atoms with Crippen molar-refractivity contribution in [3.63, 3.8) is 0 Å². The third-order valence-corrected chi connectivity index (χ3v) is 3.59. The van der Waals surface area contributed by atoms with Crippen LogP contribution in [0.2, 0.25) is 0 Å². The topological polar surface area (TPSA) is 78.9 Å². The van der Waals surface area contributed by atoms with Gasteiger partial charge in [-0.15, -0.1) is 0 Å². The number of Topliss-reactive ketones (excluding diaryl/α,β-unsaturated/α-hetero) is 1. The number of ketones is 1. The molecule has 21 heavy (non-hydrogen) atoms. The van der Waals surface area contributed by atoms with Crippen LogP contribution < -0.4 is 0 Å². The van der Waals surface area contributed by atoms with Crippen LogP contribution in [0, 0.1) is 5.92 Å². The van der Waals surface area contributed by atoms with E-state index < -0.39 is 29.2 Å². The molecule has 0 bridgehead atoms. The molecule has 0 aromatic carbocycles. The summed E-state index contributed by atoms with van der Waals surface area (Å²) in [6.07, 6.45) is 2.72. The van der Waals surface area contributed by atoms with Crippen LogP contribution in [-0.4, -0.2) is 43.1 Å². The van der Waals surface area contributed by atoms with Gasteiger partial charge in [0.05, 0.1) is 13.2 Å². The SMILES string of the molecule is CCOC(=O)C(C(=O)OCC)C(=O)C1(OCC)CCCC1. The maximum atomic E-state index is 12.8. The van der Waals surface area contributed by atoms with Gasteiger partial charge in [0.15, 0.2) is 5.78 Å². The van der Waals surface area contributed by atoms with E-state index in [-0.39, 0.29) is 13.2 Å². The van der Waals surface area contributed by atoms with Gasteiger partial charge in [-0.2, -0.15) is 0 Å². The van der Waals surface area contributed by atoms with Crippen molar-refractivity contribution in [2.45, 2.75) is 52.1 Å². The highest BCUT2D eigenvalue weighted by molar-refractivity contribution is 6.17. The molecule has 0 aromatic rings. The molecule has 1 fully saturated rings. The molecule has 1 aliphatic rings. The van der Waals surface area contributed by atoms with Gasteiger partial charge in [-0.05, 0) is 46.5 Å². The zero-order valence-corrected chi connectivity index (χ0v) is 13.0. The first-order valence-electron chi connectivity index (χ1n) is 7.54. The molecule has 0 aliphatic heterocycles. The third-order valence-electron chi connectivity index (χ3n) is 3.59. The lowest BCUT2D eigenvalue weighted by atomic mass is 9.87. The second kappa shape index (κ2) is 8.12. The van der Waals surface area contributed by atoms with E-state index in [1.165, 1.54) is 0 Å². The van der Waals surface area contributed by atoms with Crippen LogP contribution in [0.1, 0.15) is 46.5 Å². The molecule has 1 rings (SSSR count). The van der Waals surface area contributed by atoms with Gasteiger partial charge in [-0.3, -0.25) is 14.4 Å². The van der Waals surface area contributed by atoms with E-state index in [0.717, 1.165) is 12.8 Å². The van der Waals surface area contributed by atoms with Gasteiger partial charge in [-0.1, -0.05) is 0 Å². The van der Waals surface area contributed by atoms with Gasteiger partial charge in [0.25, 0.3) is 0 Å². The summed E-state index contributed by atoms with van der Waals surface area (Å²) in [7, 11) is 0. The van der Waals surface area contributed by atoms with E-state index in [0.29, 0.717) is 19.4 Å². The predicted octanol–water partition coefficient (Wildman–Crippen LogP) is 1.65. The number of esters is 2. The Morgan fingerprint density at radius 3 is 1.76 bits per heavy atom. The van der Waals surface area contributed by atoms with E-state index in [2.05, 4.69) is 0 Å². The van der Waals surface area contributed by atoms with E-state index in [1.54, 1.807) is 20.8 Å². The van der Waals surface area contributed by atoms with Gasteiger partial charge >= 0.3 is 11.9 Å². The number of hydrogen-bond donors (Lipinski definition) is 0. The Balaban J connectivity index is 3.02. The molecular weight excluding hydrogens is 276 g/mol. The quantitative estimate of drug-likeness (QED) is 0.501. The van der Waals surface area contributed by atoms with Crippen LogP contribution in [-0.2, 0) is 28.6 Å². The predicted molar refractivity (Wildman–Crippen MR) is 74.6 cm³/mol. The van der Waals surface area contributed by atoms with Crippen LogP contribution in [0.15, 0.2) is 0 Å². The summed E-state index contributed by atoms with van der Waals surface area (Å²) in [5, 5.41) is 0. The molecule has 1 saturated carbocycles. The average Bonchev–Trinajstić information content (AvgIpc) is 2.90. The maximum absolute atomic E-state index is 12.8. The smallest absolute Gasteiger partial charge is 0.328 e. The fourth-order valence-electron chi connectivity index (χ4n) is 2.71. The molecule has 6 heteroatoms. The van der Waals surface area contributed by atoms with Crippen molar-refractivity contribution in [1.82, 2.24) is 0 Å². The summed E-state index contributed by atoms with van der Waals surface area (Å²) in [6, 6.07) is 0.